The molecule has 120 valence electrons. The van der Waals surface area contributed by atoms with E-state index in [1.165, 1.54) is 23.7 Å². The van der Waals surface area contributed by atoms with E-state index in [1.807, 2.05) is 0 Å². The second-order valence-electron chi connectivity index (χ2n) is 5.80. The molecule has 1 atom stereocenters. The lowest BCUT2D eigenvalue weighted by Gasteiger charge is -2.25. The molecule has 2 aromatic rings. The van der Waals surface area contributed by atoms with Crippen molar-refractivity contribution >= 4 is 16.7 Å². The van der Waals surface area contributed by atoms with Crippen molar-refractivity contribution in [2.75, 3.05) is 18.5 Å². The predicted octanol–water partition coefficient (Wildman–Crippen LogP) is 1.96. The summed E-state index contributed by atoms with van der Waals surface area (Å²) < 4.78 is 17.1. The third-order valence-corrected chi connectivity index (χ3v) is 4.11. The quantitative estimate of drug-likeness (QED) is 0.725. The number of benzene rings is 1. The van der Waals surface area contributed by atoms with Crippen LogP contribution in [0.15, 0.2) is 24.3 Å². The second-order valence-corrected chi connectivity index (χ2v) is 6.55. The summed E-state index contributed by atoms with van der Waals surface area (Å²) in [5.74, 6) is 0.261. The molecule has 0 radical (unpaired) electrons. The Labute approximate surface area is 133 Å². The van der Waals surface area contributed by atoms with Crippen LogP contribution in [0.2, 0.25) is 0 Å². The molecule has 0 aliphatic heterocycles. The largest absolute Gasteiger partial charge is 0.394 e. The van der Waals surface area contributed by atoms with E-state index in [2.05, 4.69) is 28.5 Å². The van der Waals surface area contributed by atoms with Crippen LogP contribution in [0.4, 0.5) is 9.52 Å². The summed E-state index contributed by atoms with van der Waals surface area (Å²) in [5, 5.41) is 22.1. The normalized spacial score (nSPS) is 13.1. The smallest absolute Gasteiger partial charge is 0.202 e. The lowest BCUT2D eigenvalue weighted by molar-refractivity contribution is 0.0941. The molecule has 1 aromatic heterocycles. The monoisotopic (exact) mass is 325 g/mol. The molecule has 0 aliphatic carbocycles. The van der Waals surface area contributed by atoms with Gasteiger partial charge in [-0.05, 0) is 17.7 Å². The van der Waals surface area contributed by atoms with Crippen LogP contribution in [0.3, 0.4) is 0 Å². The van der Waals surface area contributed by atoms with Crippen molar-refractivity contribution in [3.05, 3.63) is 41.5 Å². The molecule has 3 N–H and O–H groups in total. The van der Waals surface area contributed by atoms with E-state index < -0.39 is 6.10 Å². The SMILES string of the molecule is CC(C)(CNc1nc(CC(O)CO)ns1)c1ccc(F)cc1. The molecule has 0 saturated carbocycles. The first kappa shape index (κ1) is 16.8. The van der Waals surface area contributed by atoms with Crippen molar-refractivity contribution in [3.63, 3.8) is 0 Å². The molecule has 0 saturated heterocycles. The number of nitrogens with zero attached hydrogens (tertiary/aromatic N) is 2. The Kier molecular flexibility index (Phi) is 5.44. The Balaban J connectivity index is 1.95. The van der Waals surface area contributed by atoms with Crippen LogP contribution in [0.5, 0.6) is 0 Å². The minimum atomic E-state index is -0.835. The number of aliphatic hydroxyl groups excluding tert-OH is 2. The van der Waals surface area contributed by atoms with E-state index in [0.29, 0.717) is 17.5 Å². The summed E-state index contributed by atoms with van der Waals surface area (Å²) in [6, 6.07) is 6.47. The summed E-state index contributed by atoms with van der Waals surface area (Å²) in [6.07, 6.45) is -0.603. The van der Waals surface area contributed by atoms with Crippen molar-refractivity contribution in [1.82, 2.24) is 9.36 Å². The van der Waals surface area contributed by atoms with E-state index in [4.69, 9.17) is 5.11 Å². The standard InChI is InChI=1S/C15H20FN3O2S/c1-15(2,10-3-5-11(16)6-4-10)9-17-14-18-13(19-22-14)7-12(21)8-20/h3-6,12,20-21H,7-9H2,1-2H3,(H,17,18,19). The Morgan fingerprint density at radius 3 is 2.64 bits per heavy atom. The molecule has 0 amide bonds. The summed E-state index contributed by atoms with van der Waals surface area (Å²) in [6.45, 7) is 4.44. The molecular weight excluding hydrogens is 305 g/mol. The van der Waals surface area contributed by atoms with E-state index >= 15 is 0 Å². The van der Waals surface area contributed by atoms with Gasteiger partial charge in [-0.15, -0.1) is 0 Å². The molecule has 1 aromatic carbocycles. The summed E-state index contributed by atoms with van der Waals surface area (Å²) in [5.41, 5.74) is 0.839. The fraction of sp³-hybridized carbons (Fsp3) is 0.467. The number of halogens is 1. The molecule has 0 bridgehead atoms. The van der Waals surface area contributed by atoms with Gasteiger partial charge in [-0.2, -0.15) is 4.37 Å². The summed E-state index contributed by atoms with van der Waals surface area (Å²) >= 11 is 1.22. The predicted molar refractivity (Wildman–Crippen MR) is 84.6 cm³/mol. The van der Waals surface area contributed by atoms with Crippen LogP contribution in [0, 0.1) is 5.82 Å². The van der Waals surface area contributed by atoms with Crippen molar-refractivity contribution < 1.29 is 14.6 Å². The van der Waals surface area contributed by atoms with Gasteiger partial charge in [-0.3, -0.25) is 0 Å². The van der Waals surface area contributed by atoms with Gasteiger partial charge in [0.05, 0.1) is 12.7 Å². The van der Waals surface area contributed by atoms with Gasteiger partial charge in [-0.25, -0.2) is 9.37 Å². The van der Waals surface area contributed by atoms with Crippen molar-refractivity contribution in [3.8, 4) is 0 Å². The first-order valence-electron chi connectivity index (χ1n) is 7.02. The van der Waals surface area contributed by atoms with E-state index in [0.717, 1.165) is 5.56 Å². The average molecular weight is 325 g/mol. The van der Waals surface area contributed by atoms with E-state index in [1.54, 1.807) is 12.1 Å². The van der Waals surface area contributed by atoms with Gasteiger partial charge in [0.1, 0.15) is 11.6 Å². The molecule has 0 fully saturated rings. The van der Waals surface area contributed by atoms with Crippen LogP contribution in [-0.4, -0.2) is 38.8 Å². The highest BCUT2D eigenvalue weighted by Crippen LogP contribution is 2.24. The van der Waals surface area contributed by atoms with Crippen LogP contribution >= 0.6 is 11.5 Å². The Morgan fingerprint density at radius 1 is 1.32 bits per heavy atom. The highest BCUT2D eigenvalue weighted by molar-refractivity contribution is 7.09. The molecule has 1 heterocycles. The number of aromatic nitrogens is 2. The fourth-order valence-corrected chi connectivity index (χ4v) is 2.57. The molecule has 0 aliphatic rings. The lowest BCUT2D eigenvalue weighted by Crippen LogP contribution is -2.27. The average Bonchev–Trinajstić information content (AvgIpc) is 2.93. The first-order valence-corrected chi connectivity index (χ1v) is 7.79. The Bertz CT molecular complexity index is 601. The summed E-state index contributed by atoms with van der Waals surface area (Å²) in [7, 11) is 0. The zero-order valence-electron chi connectivity index (χ0n) is 12.6. The molecule has 5 nitrogen and oxygen atoms in total. The van der Waals surface area contributed by atoms with Gasteiger partial charge in [-0.1, -0.05) is 26.0 Å². The summed E-state index contributed by atoms with van der Waals surface area (Å²) in [4.78, 5) is 4.27. The minimum Gasteiger partial charge on any atom is -0.394 e. The maximum Gasteiger partial charge on any atom is 0.202 e. The minimum absolute atomic E-state index is 0.190. The van der Waals surface area contributed by atoms with E-state index in [-0.39, 0.29) is 24.3 Å². The van der Waals surface area contributed by atoms with Crippen molar-refractivity contribution in [1.29, 1.82) is 0 Å². The number of aliphatic hydroxyl groups is 2. The second kappa shape index (κ2) is 7.13. The number of hydrogen-bond acceptors (Lipinski definition) is 6. The maximum atomic E-state index is 13.0. The Hall–Kier alpha value is -1.57. The van der Waals surface area contributed by atoms with Gasteiger partial charge in [0.2, 0.25) is 5.13 Å². The highest BCUT2D eigenvalue weighted by Gasteiger charge is 2.21. The highest BCUT2D eigenvalue weighted by atomic mass is 32.1. The van der Waals surface area contributed by atoms with Crippen molar-refractivity contribution in [2.45, 2.75) is 31.8 Å². The lowest BCUT2D eigenvalue weighted by atomic mass is 9.85. The molecule has 0 spiro atoms. The maximum absolute atomic E-state index is 13.0. The molecule has 2 rings (SSSR count). The fourth-order valence-electron chi connectivity index (χ4n) is 1.98. The molecule has 7 heteroatoms. The third-order valence-electron chi connectivity index (χ3n) is 3.40. The van der Waals surface area contributed by atoms with Gasteiger partial charge < -0.3 is 15.5 Å². The Morgan fingerprint density at radius 2 is 2.00 bits per heavy atom. The number of anilines is 1. The van der Waals surface area contributed by atoms with Crippen LogP contribution < -0.4 is 5.32 Å². The number of hydrogen-bond donors (Lipinski definition) is 3. The van der Waals surface area contributed by atoms with Crippen LogP contribution in [0.25, 0.3) is 0 Å². The first-order chi connectivity index (χ1) is 10.4. The zero-order chi connectivity index (χ0) is 16.2. The van der Waals surface area contributed by atoms with Crippen LogP contribution in [-0.2, 0) is 11.8 Å². The molecular formula is C15H20FN3O2S. The number of rotatable bonds is 7. The third kappa shape index (κ3) is 4.46. The van der Waals surface area contributed by atoms with Gasteiger partial charge >= 0.3 is 0 Å². The van der Waals surface area contributed by atoms with Gasteiger partial charge in [0.15, 0.2) is 0 Å². The topological polar surface area (TPSA) is 78.3 Å². The van der Waals surface area contributed by atoms with Crippen LogP contribution in [0.1, 0.15) is 25.2 Å². The van der Waals surface area contributed by atoms with Gasteiger partial charge in [0, 0.05) is 29.9 Å². The van der Waals surface area contributed by atoms with Gasteiger partial charge in [0.25, 0.3) is 0 Å². The zero-order valence-corrected chi connectivity index (χ0v) is 13.4. The van der Waals surface area contributed by atoms with Crippen molar-refractivity contribution in [2.24, 2.45) is 0 Å². The number of nitrogens with one attached hydrogen (secondary N) is 1. The molecule has 22 heavy (non-hydrogen) atoms. The van der Waals surface area contributed by atoms with E-state index in [9.17, 15) is 9.50 Å². The molecule has 1 unspecified atom stereocenters.